The summed E-state index contributed by atoms with van der Waals surface area (Å²) in [6.07, 6.45) is 3.65. The molecule has 2 radical (unpaired) electrons. The van der Waals surface area contributed by atoms with Crippen molar-refractivity contribution in [2.24, 2.45) is 0 Å². The van der Waals surface area contributed by atoms with Crippen LogP contribution in [0.4, 0.5) is 0 Å². The van der Waals surface area contributed by atoms with Crippen molar-refractivity contribution in [3.05, 3.63) is 54.9 Å². The molecule has 3 heteroatoms. The fourth-order valence-corrected chi connectivity index (χ4v) is 1.16. The number of hydrogen-bond acceptors (Lipinski definition) is 1. The maximum atomic E-state index is 4.06. The largest absolute Gasteiger partial charge is 0.264 e. The van der Waals surface area contributed by atoms with Crippen molar-refractivity contribution < 1.29 is 40.2 Å². The van der Waals surface area contributed by atoms with E-state index in [-0.39, 0.29) is 40.2 Å². The van der Waals surface area contributed by atoms with Crippen LogP contribution in [0.5, 0.6) is 0 Å². The molecule has 1 aromatic carbocycles. The van der Waals surface area contributed by atoms with Gasteiger partial charge >= 0.3 is 0 Å². The third-order valence-corrected chi connectivity index (χ3v) is 1.77. The minimum absolute atomic E-state index is 0. The van der Waals surface area contributed by atoms with Gasteiger partial charge in [-0.3, -0.25) is 4.98 Å². The zero-order valence-electron chi connectivity index (χ0n) is 7.31. The standard InChI is InChI=1S/C11H9N.2Ir/c1-2-5-10(6-3-1)11-7-4-8-12-9-11;;/h1-9H;;. The van der Waals surface area contributed by atoms with Crippen LogP contribution in [0.15, 0.2) is 54.9 Å². The van der Waals surface area contributed by atoms with E-state index in [4.69, 9.17) is 0 Å². The Kier molecular flexibility index (Phi) is 6.86. The Bertz CT molecular complexity index is 311. The number of hydrogen-bond donors (Lipinski definition) is 0. The molecule has 2 rings (SSSR count). The first-order valence-corrected chi connectivity index (χ1v) is 3.92. The van der Waals surface area contributed by atoms with E-state index < -0.39 is 0 Å². The maximum Gasteiger partial charge on any atom is 0.0346 e. The topological polar surface area (TPSA) is 12.9 Å². The summed E-state index contributed by atoms with van der Waals surface area (Å²) in [5.74, 6) is 0. The van der Waals surface area contributed by atoms with Crippen LogP contribution in [0, 0.1) is 0 Å². The molecule has 0 atom stereocenters. The predicted octanol–water partition coefficient (Wildman–Crippen LogP) is 2.74. The second-order valence-electron chi connectivity index (χ2n) is 2.61. The van der Waals surface area contributed by atoms with E-state index in [2.05, 4.69) is 23.2 Å². The van der Waals surface area contributed by atoms with Crippen molar-refractivity contribution in [1.82, 2.24) is 4.98 Å². The van der Waals surface area contributed by atoms with Crippen LogP contribution in [0.2, 0.25) is 0 Å². The summed E-state index contributed by atoms with van der Waals surface area (Å²) in [6.45, 7) is 0. The van der Waals surface area contributed by atoms with Gasteiger partial charge in [0, 0.05) is 52.6 Å². The van der Waals surface area contributed by atoms with Crippen molar-refractivity contribution in [3.8, 4) is 11.1 Å². The molecule has 1 nitrogen and oxygen atoms in total. The molecule has 0 saturated carbocycles. The van der Waals surface area contributed by atoms with Gasteiger partial charge in [-0.15, -0.1) is 0 Å². The minimum Gasteiger partial charge on any atom is -0.264 e. The van der Waals surface area contributed by atoms with Crippen LogP contribution in [0.3, 0.4) is 0 Å². The first kappa shape index (κ1) is 13.7. The van der Waals surface area contributed by atoms with Gasteiger partial charge in [-0.05, 0) is 17.2 Å². The summed E-state index contributed by atoms with van der Waals surface area (Å²) in [5.41, 5.74) is 2.38. The molecule has 0 aliphatic carbocycles. The van der Waals surface area contributed by atoms with Crippen molar-refractivity contribution >= 4 is 0 Å². The molecule has 1 aromatic heterocycles. The predicted molar refractivity (Wildman–Crippen MR) is 49.7 cm³/mol. The molecule has 0 amide bonds. The molecule has 0 aliphatic heterocycles. The van der Waals surface area contributed by atoms with Gasteiger partial charge in [-0.25, -0.2) is 0 Å². The molecule has 76 valence electrons. The van der Waals surface area contributed by atoms with Gasteiger partial charge in [-0.2, -0.15) is 0 Å². The van der Waals surface area contributed by atoms with E-state index in [1.165, 1.54) is 5.56 Å². The average Bonchev–Trinajstić information content (AvgIpc) is 2.21. The maximum absolute atomic E-state index is 4.06. The normalized spacial score (nSPS) is 8.29. The number of pyridine rings is 1. The average molecular weight is 540 g/mol. The molecule has 0 saturated heterocycles. The van der Waals surface area contributed by atoms with Gasteiger partial charge in [0.15, 0.2) is 0 Å². The van der Waals surface area contributed by atoms with E-state index >= 15 is 0 Å². The second-order valence-corrected chi connectivity index (χ2v) is 2.61. The molecule has 0 unspecified atom stereocenters. The number of rotatable bonds is 1. The van der Waals surface area contributed by atoms with Gasteiger partial charge in [0.25, 0.3) is 0 Å². The molecule has 14 heavy (non-hydrogen) atoms. The van der Waals surface area contributed by atoms with Crippen LogP contribution in [-0.2, 0) is 40.2 Å². The molecule has 0 spiro atoms. The number of nitrogens with zero attached hydrogens (tertiary/aromatic N) is 1. The van der Waals surface area contributed by atoms with E-state index in [0.29, 0.717) is 0 Å². The first-order chi connectivity index (χ1) is 5.97. The Hall–Kier alpha value is -0.331. The zero-order chi connectivity index (χ0) is 8.23. The molecule has 0 aliphatic rings. The molecule has 0 bridgehead atoms. The van der Waals surface area contributed by atoms with Crippen molar-refractivity contribution in [3.63, 3.8) is 0 Å². The fourth-order valence-electron chi connectivity index (χ4n) is 1.16. The fraction of sp³-hybridized carbons (Fsp3) is 0. The van der Waals surface area contributed by atoms with Crippen LogP contribution >= 0.6 is 0 Å². The van der Waals surface area contributed by atoms with Gasteiger partial charge in [0.05, 0.1) is 0 Å². The Labute approximate surface area is 111 Å². The van der Waals surface area contributed by atoms with Crippen LogP contribution in [0.25, 0.3) is 11.1 Å². The van der Waals surface area contributed by atoms with Gasteiger partial charge < -0.3 is 0 Å². The molecule has 0 fully saturated rings. The monoisotopic (exact) mass is 541 g/mol. The van der Waals surface area contributed by atoms with Gasteiger partial charge in [-0.1, -0.05) is 36.4 Å². The quantitative estimate of drug-likeness (QED) is 0.544. The molecular weight excluding hydrogens is 531 g/mol. The summed E-state index contributed by atoms with van der Waals surface area (Å²) in [6, 6.07) is 14.2. The van der Waals surface area contributed by atoms with Crippen LogP contribution in [-0.4, -0.2) is 4.98 Å². The molecule has 2 aromatic rings. The van der Waals surface area contributed by atoms with Crippen LogP contribution < -0.4 is 0 Å². The zero-order valence-corrected chi connectivity index (χ0v) is 12.1. The SMILES string of the molecule is [Ir].[Ir].c1ccc(-c2cccnc2)cc1. The summed E-state index contributed by atoms with van der Waals surface area (Å²) in [7, 11) is 0. The Morgan fingerprint density at radius 1 is 0.714 bits per heavy atom. The molecule has 1 heterocycles. The summed E-state index contributed by atoms with van der Waals surface area (Å²) < 4.78 is 0. The number of aromatic nitrogens is 1. The van der Waals surface area contributed by atoms with Crippen molar-refractivity contribution in [2.45, 2.75) is 0 Å². The minimum atomic E-state index is 0. The number of benzene rings is 1. The molecule has 0 N–H and O–H groups in total. The van der Waals surface area contributed by atoms with E-state index in [9.17, 15) is 0 Å². The van der Waals surface area contributed by atoms with Crippen molar-refractivity contribution in [1.29, 1.82) is 0 Å². The smallest absolute Gasteiger partial charge is 0.0346 e. The Morgan fingerprint density at radius 2 is 1.36 bits per heavy atom. The summed E-state index contributed by atoms with van der Waals surface area (Å²) in [5, 5.41) is 0. The van der Waals surface area contributed by atoms with Gasteiger partial charge in [0.1, 0.15) is 0 Å². The second kappa shape index (κ2) is 7.03. The van der Waals surface area contributed by atoms with E-state index in [1.54, 1.807) is 6.20 Å². The van der Waals surface area contributed by atoms with Crippen LogP contribution in [0.1, 0.15) is 0 Å². The third kappa shape index (κ3) is 3.43. The molecular formula is C11H9Ir2N. The summed E-state index contributed by atoms with van der Waals surface area (Å²) >= 11 is 0. The Morgan fingerprint density at radius 3 is 1.93 bits per heavy atom. The summed E-state index contributed by atoms with van der Waals surface area (Å²) in [4.78, 5) is 4.06. The Balaban J connectivity index is 0.000000845. The third-order valence-electron chi connectivity index (χ3n) is 1.77. The van der Waals surface area contributed by atoms with E-state index in [0.717, 1.165) is 5.56 Å². The first-order valence-electron chi connectivity index (χ1n) is 3.92. The van der Waals surface area contributed by atoms with Gasteiger partial charge in [0.2, 0.25) is 0 Å². The van der Waals surface area contributed by atoms with E-state index in [1.807, 2.05) is 30.5 Å². The van der Waals surface area contributed by atoms with Crippen molar-refractivity contribution in [2.75, 3.05) is 0 Å².